The number of aromatic nitrogens is 1. The Balaban J connectivity index is 1.84. The van der Waals surface area contributed by atoms with Crippen molar-refractivity contribution in [3.8, 4) is 0 Å². The summed E-state index contributed by atoms with van der Waals surface area (Å²) in [5, 5.41) is 3.01. The molecule has 1 aliphatic heterocycles. The van der Waals surface area contributed by atoms with E-state index < -0.39 is 0 Å². The second kappa shape index (κ2) is 6.75. The van der Waals surface area contributed by atoms with E-state index in [4.69, 9.17) is 5.73 Å². The Morgan fingerprint density at radius 1 is 1.35 bits per heavy atom. The summed E-state index contributed by atoms with van der Waals surface area (Å²) in [7, 11) is 0. The van der Waals surface area contributed by atoms with E-state index in [2.05, 4.69) is 10.3 Å². The fourth-order valence-corrected chi connectivity index (χ4v) is 2.75. The monoisotopic (exact) mass is 314 g/mol. The summed E-state index contributed by atoms with van der Waals surface area (Å²) in [6.07, 6.45) is 3.44. The predicted molar refractivity (Wildman–Crippen MR) is 87.0 cm³/mol. The summed E-state index contributed by atoms with van der Waals surface area (Å²) in [5.74, 6) is -0.0322. The van der Waals surface area contributed by atoms with Crippen LogP contribution in [0.4, 0.5) is 15.9 Å². The van der Waals surface area contributed by atoms with Crippen LogP contribution in [0.5, 0.6) is 0 Å². The molecule has 1 aliphatic rings. The number of benzene rings is 1. The van der Waals surface area contributed by atoms with Gasteiger partial charge in [0.1, 0.15) is 11.6 Å². The minimum atomic E-state index is -0.346. The molecule has 1 aromatic heterocycles. The van der Waals surface area contributed by atoms with E-state index in [1.54, 1.807) is 35.4 Å². The van der Waals surface area contributed by atoms with Crippen LogP contribution in [-0.4, -0.2) is 34.9 Å². The second-order valence-electron chi connectivity index (χ2n) is 5.69. The first-order valence-electron chi connectivity index (χ1n) is 7.66. The van der Waals surface area contributed by atoms with Crippen LogP contribution in [0.3, 0.4) is 0 Å². The van der Waals surface area contributed by atoms with Gasteiger partial charge in [0.05, 0.1) is 5.56 Å². The van der Waals surface area contributed by atoms with Crippen LogP contribution in [0, 0.1) is 5.82 Å². The van der Waals surface area contributed by atoms with Crippen molar-refractivity contribution in [2.45, 2.75) is 18.9 Å². The van der Waals surface area contributed by atoms with Gasteiger partial charge in [-0.15, -0.1) is 0 Å². The van der Waals surface area contributed by atoms with Crippen LogP contribution in [0.15, 0.2) is 42.6 Å². The van der Waals surface area contributed by atoms with Gasteiger partial charge < -0.3 is 16.0 Å². The van der Waals surface area contributed by atoms with Crippen LogP contribution >= 0.6 is 0 Å². The highest BCUT2D eigenvalue weighted by molar-refractivity contribution is 5.99. The minimum Gasteiger partial charge on any atom is -0.339 e. The average molecular weight is 314 g/mol. The van der Waals surface area contributed by atoms with E-state index in [0.29, 0.717) is 30.2 Å². The minimum absolute atomic E-state index is 0.0176. The highest BCUT2D eigenvalue weighted by Gasteiger charge is 2.24. The average Bonchev–Trinajstić information content (AvgIpc) is 2.55. The molecule has 1 saturated heterocycles. The summed E-state index contributed by atoms with van der Waals surface area (Å²) in [6.45, 7) is 1.24. The maximum absolute atomic E-state index is 13.3. The van der Waals surface area contributed by atoms with Gasteiger partial charge in [-0.2, -0.15) is 0 Å². The Hall–Kier alpha value is -2.47. The number of nitrogens with two attached hydrogens (primary N) is 1. The van der Waals surface area contributed by atoms with Gasteiger partial charge in [-0.05, 0) is 43.2 Å². The molecule has 2 aromatic rings. The number of rotatable bonds is 3. The van der Waals surface area contributed by atoms with E-state index in [1.165, 1.54) is 12.1 Å². The van der Waals surface area contributed by atoms with Crippen molar-refractivity contribution in [1.29, 1.82) is 0 Å². The number of nitrogens with one attached hydrogen (secondary N) is 1. The van der Waals surface area contributed by atoms with Gasteiger partial charge in [0.25, 0.3) is 5.91 Å². The third kappa shape index (κ3) is 3.65. The lowest BCUT2D eigenvalue weighted by molar-refractivity contribution is 0.0709. The van der Waals surface area contributed by atoms with Crippen LogP contribution in [0.1, 0.15) is 23.2 Å². The Morgan fingerprint density at radius 3 is 3.00 bits per heavy atom. The van der Waals surface area contributed by atoms with Crippen molar-refractivity contribution in [2.75, 3.05) is 18.4 Å². The molecule has 1 amide bonds. The lowest BCUT2D eigenvalue weighted by Gasteiger charge is -2.31. The molecule has 0 spiro atoms. The van der Waals surface area contributed by atoms with E-state index in [9.17, 15) is 9.18 Å². The lowest BCUT2D eigenvalue weighted by Crippen LogP contribution is -2.45. The largest absolute Gasteiger partial charge is 0.339 e. The third-order valence-electron chi connectivity index (χ3n) is 3.87. The summed E-state index contributed by atoms with van der Waals surface area (Å²) < 4.78 is 13.3. The highest BCUT2D eigenvalue weighted by atomic mass is 19.1. The van der Waals surface area contributed by atoms with Gasteiger partial charge in [0, 0.05) is 31.0 Å². The number of hydrogen-bond acceptors (Lipinski definition) is 4. The van der Waals surface area contributed by atoms with E-state index in [0.717, 1.165) is 12.8 Å². The SMILES string of the molecule is NC1CCCN(C(=O)c2cccnc2Nc2cccc(F)c2)C1. The first-order chi connectivity index (χ1) is 11.1. The number of halogens is 1. The molecule has 0 bridgehead atoms. The third-order valence-corrected chi connectivity index (χ3v) is 3.87. The van der Waals surface area contributed by atoms with Crippen LogP contribution < -0.4 is 11.1 Å². The van der Waals surface area contributed by atoms with Crippen LogP contribution in [-0.2, 0) is 0 Å². The molecule has 1 unspecified atom stereocenters. The molecule has 3 rings (SSSR count). The lowest BCUT2D eigenvalue weighted by atomic mass is 10.1. The number of carbonyl (C=O) groups is 1. The molecule has 120 valence electrons. The number of pyridine rings is 1. The zero-order valence-electron chi connectivity index (χ0n) is 12.7. The Bertz CT molecular complexity index is 706. The molecule has 1 aromatic carbocycles. The van der Waals surface area contributed by atoms with E-state index in [1.807, 2.05) is 0 Å². The maximum Gasteiger partial charge on any atom is 0.257 e. The fourth-order valence-electron chi connectivity index (χ4n) is 2.75. The number of carbonyl (C=O) groups excluding carboxylic acids is 1. The van der Waals surface area contributed by atoms with Crippen molar-refractivity contribution in [1.82, 2.24) is 9.88 Å². The molecular formula is C17H19FN4O. The maximum atomic E-state index is 13.3. The predicted octanol–water partition coefficient (Wildman–Crippen LogP) is 2.53. The van der Waals surface area contributed by atoms with Gasteiger partial charge in [-0.3, -0.25) is 4.79 Å². The molecule has 2 heterocycles. The van der Waals surface area contributed by atoms with Crippen LogP contribution in [0.25, 0.3) is 0 Å². The van der Waals surface area contributed by atoms with Gasteiger partial charge in [-0.25, -0.2) is 9.37 Å². The Labute approximate surface area is 134 Å². The second-order valence-corrected chi connectivity index (χ2v) is 5.69. The molecule has 1 atom stereocenters. The molecule has 0 saturated carbocycles. The normalized spacial score (nSPS) is 17.8. The molecule has 3 N–H and O–H groups in total. The number of piperidine rings is 1. The number of hydrogen-bond donors (Lipinski definition) is 2. The van der Waals surface area contributed by atoms with E-state index >= 15 is 0 Å². The van der Waals surface area contributed by atoms with Crippen LogP contribution in [0.2, 0.25) is 0 Å². The molecule has 0 aliphatic carbocycles. The zero-order valence-corrected chi connectivity index (χ0v) is 12.7. The first kappa shape index (κ1) is 15.4. The van der Waals surface area contributed by atoms with Gasteiger partial charge in [0.2, 0.25) is 0 Å². The van der Waals surface area contributed by atoms with Gasteiger partial charge in [-0.1, -0.05) is 6.07 Å². The zero-order chi connectivity index (χ0) is 16.2. The summed E-state index contributed by atoms with van der Waals surface area (Å²) in [5.41, 5.74) is 6.97. The topological polar surface area (TPSA) is 71.2 Å². The standard InChI is InChI=1S/C17H19FN4O/c18-12-4-1-6-14(10-12)21-16-15(7-2-8-20-16)17(23)22-9-3-5-13(19)11-22/h1-2,4,6-8,10,13H,3,5,9,11,19H2,(H,20,21). The quantitative estimate of drug-likeness (QED) is 0.913. The number of anilines is 2. The van der Waals surface area contributed by atoms with Crippen molar-refractivity contribution < 1.29 is 9.18 Å². The molecule has 6 heteroatoms. The molecule has 1 fully saturated rings. The Kier molecular flexibility index (Phi) is 4.52. The highest BCUT2D eigenvalue weighted by Crippen LogP contribution is 2.21. The number of likely N-dealkylation sites (tertiary alicyclic amines) is 1. The molecular weight excluding hydrogens is 295 g/mol. The van der Waals surface area contributed by atoms with Crippen molar-refractivity contribution in [2.24, 2.45) is 5.73 Å². The summed E-state index contributed by atoms with van der Waals surface area (Å²) in [4.78, 5) is 18.7. The van der Waals surface area contributed by atoms with E-state index in [-0.39, 0.29) is 17.8 Å². The van der Waals surface area contributed by atoms with Gasteiger partial charge in [0.15, 0.2) is 0 Å². The first-order valence-corrected chi connectivity index (χ1v) is 7.66. The summed E-state index contributed by atoms with van der Waals surface area (Å²) >= 11 is 0. The smallest absolute Gasteiger partial charge is 0.257 e. The molecule has 23 heavy (non-hydrogen) atoms. The molecule has 5 nitrogen and oxygen atoms in total. The summed E-state index contributed by atoms with van der Waals surface area (Å²) in [6, 6.07) is 9.51. The van der Waals surface area contributed by atoms with Crippen molar-refractivity contribution >= 4 is 17.4 Å². The van der Waals surface area contributed by atoms with Crippen molar-refractivity contribution in [3.63, 3.8) is 0 Å². The fraction of sp³-hybridized carbons (Fsp3) is 0.294. The Morgan fingerprint density at radius 2 is 2.22 bits per heavy atom. The van der Waals surface area contributed by atoms with Gasteiger partial charge >= 0.3 is 0 Å². The number of nitrogens with zero attached hydrogens (tertiary/aromatic N) is 2. The number of amides is 1. The van der Waals surface area contributed by atoms with Crippen molar-refractivity contribution in [3.05, 3.63) is 54.0 Å². The molecule has 0 radical (unpaired) electrons.